The van der Waals surface area contributed by atoms with Crippen LogP contribution in [0.2, 0.25) is 0 Å². The molecular formula is C15H21BrF2. The maximum Gasteiger partial charge on any atom is 0.149 e. The van der Waals surface area contributed by atoms with Crippen LogP contribution in [0.1, 0.15) is 58.3 Å². The van der Waals surface area contributed by atoms with Crippen LogP contribution in [-0.4, -0.2) is 4.32 Å². The number of allylic oxidation sites excluding steroid dienone is 2. The second-order valence-electron chi connectivity index (χ2n) is 6.71. The molecule has 0 atom stereocenters. The third-order valence-electron chi connectivity index (χ3n) is 5.76. The molecule has 0 amide bonds. The van der Waals surface area contributed by atoms with Crippen molar-refractivity contribution in [2.75, 3.05) is 0 Å². The van der Waals surface area contributed by atoms with E-state index in [1.165, 1.54) is 12.8 Å². The van der Waals surface area contributed by atoms with Crippen molar-refractivity contribution in [3.8, 4) is 0 Å². The van der Waals surface area contributed by atoms with Crippen molar-refractivity contribution in [2.45, 2.75) is 62.6 Å². The zero-order valence-electron chi connectivity index (χ0n) is 10.9. The Bertz CT molecular complexity index is 372. The number of hydrogen-bond donors (Lipinski definition) is 0. The van der Waals surface area contributed by atoms with Crippen LogP contribution < -0.4 is 0 Å². The Balaban J connectivity index is 1.91. The Kier molecular flexibility index (Phi) is 3.12. The van der Waals surface area contributed by atoms with Gasteiger partial charge in [-0.15, -0.1) is 0 Å². The van der Waals surface area contributed by atoms with Crippen LogP contribution in [-0.2, 0) is 0 Å². The minimum atomic E-state index is -0.666. The van der Waals surface area contributed by atoms with Crippen LogP contribution in [0.15, 0.2) is 11.7 Å². The molecule has 2 bridgehead atoms. The maximum absolute atomic E-state index is 14.5. The topological polar surface area (TPSA) is 0 Å². The Hall–Kier alpha value is 0.0800. The van der Waals surface area contributed by atoms with Gasteiger partial charge in [-0.3, -0.25) is 0 Å². The summed E-state index contributed by atoms with van der Waals surface area (Å²) in [5, 5.41) is 0. The van der Waals surface area contributed by atoms with E-state index < -0.39 is 21.4 Å². The standard InChI is InChI=1S/C15H21BrF2/c1-10-2-4-11(5-3-10)14-6-8-15(16,9-7-14)13(18)12(14)17/h10-11H,2-9H2,1H3. The molecule has 2 saturated carbocycles. The summed E-state index contributed by atoms with van der Waals surface area (Å²) >= 11 is 3.42. The third kappa shape index (κ3) is 1.72. The van der Waals surface area contributed by atoms with Crippen molar-refractivity contribution < 1.29 is 8.78 Å². The molecule has 0 aromatic heterocycles. The van der Waals surface area contributed by atoms with Gasteiger partial charge in [-0.1, -0.05) is 35.7 Å². The Morgan fingerprint density at radius 1 is 0.944 bits per heavy atom. The highest BCUT2D eigenvalue weighted by Gasteiger charge is 2.57. The fraction of sp³-hybridized carbons (Fsp3) is 0.867. The monoisotopic (exact) mass is 318 g/mol. The molecule has 2 fully saturated rings. The predicted octanol–water partition coefficient (Wildman–Crippen LogP) is 5.67. The normalized spacial score (nSPS) is 48.7. The lowest BCUT2D eigenvalue weighted by molar-refractivity contribution is 0.0366. The summed E-state index contributed by atoms with van der Waals surface area (Å²) in [5.41, 5.74) is -0.445. The lowest BCUT2D eigenvalue weighted by Gasteiger charge is -2.53. The van der Waals surface area contributed by atoms with Crippen LogP contribution in [0.25, 0.3) is 0 Å². The zero-order valence-corrected chi connectivity index (χ0v) is 12.5. The highest BCUT2D eigenvalue weighted by atomic mass is 79.9. The molecule has 4 aliphatic carbocycles. The zero-order chi connectivity index (χ0) is 13.0. The Morgan fingerprint density at radius 2 is 1.50 bits per heavy atom. The maximum atomic E-state index is 14.5. The molecule has 0 aromatic carbocycles. The van der Waals surface area contributed by atoms with E-state index in [4.69, 9.17) is 0 Å². The van der Waals surface area contributed by atoms with Gasteiger partial charge in [0, 0.05) is 5.41 Å². The van der Waals surface area contributed by atoms with Gasteiger partial charge >= 0.3 is 0 Å². The molecule has 0 saturated heterocycles. The lowest BCUT2D eigenvalue weighted by atomic mass is 9.55. The fourth-order valence-electron chi connectivity index (χ4n) is 4.35. The highest BCUT2D eigenvalue weighted by Crippen LogP contribution is 2.64. The minimum Gasteiger partial charge on any atom is -0.208 e. The first-order valence-corrected chi connectivity index (χ1v) is 8.02. The van der Waals surface area contributed by atoms with Gasteiger partial charge in [-0.2, -0.15) is 0 Å². The number of halogens is 3. The largest absolute Gasteiger partial charge is 0.208 e. The van der Waals surface area contributed by atoms with Gasteiger partial charge in [0.25, 0.3) is 0 Å². The van der Waals surface area contributed by atoms with Crippen molar-refractivity contribution in [1.82, 2.24) is 0 Å². The molecule has 0 aliphatic heterocycles. The first-order valence-electron chi connectivity index (χ1n) is 7.23. The molecule has 0 unspecified atom stereocenters. The summed E-state index contributed by atoms with van der Waals surface area (Å²) in [6.07, 6.45) is 7.71. The average molecular weight is 319 g/mol. The molecule has 0 heterocycles. The minimum absolute atomic E-state index is 0.372. The van der Waals surface area contributed by atoms with Crippen molar-refractivity contribution in [3.05, 3.63) is 11.7 Å². The average Bonchev–Trinajstić information content (AvgIpc) is 2.38. The Morgan fingerprint density at radius 3 is 2.06 bits per heavy atom. The number of alkyl halides is 1. The van der Waals surface area contributed by atoms with Gasteiger partial charge in [-0.05, 0) is 50.4 Å². The van der Waals surface area contributed by atoms with E-state index in [0.717, 1.165) is 44.4 Å². The third-order valence-corrected chi connectivity index (χ3v) is 6.90. The summed E-state index contributed by atoms with van der Waals surface area (Å²) < 4.78 is 28.1. The van der Waals surface area contributed by atoms with E-state index in [1.807, 2.05) is 0 Å². The van der Waals surface area contributed by atoms with E-state index >= 15 is 0 Å². The molecule has 0 N–H and O–H groups in total. The summed E-state index contributed by atoms with van der Waals surface area (Å²) in [4.78, 5) is 0. The van der Waals surface area contributed by atoms with Gasteiger partial charge in [0.05, 0.1) is 4.32 Å². The SMILES string of the molecule is CC1CCC(C23CCC(Br)(CC2)C(F)=C3F)CC1. The van der Waals surface area contributed by atoms with Crippen molar-refractivity contribution in [3.63, 3.8) is 0 Å². The molecule has 0 spiro atoms. The molecule has 18 heavy (non-hydrogen) atoms. The van der Waals surface area contributed by atoms with Gasteiger partial charge in [0.15, 0.2) is 0 Å². The lowest BCUT2D eigenvalue weighted by Crippen LogP contribution is -2.47. The van der Waals surface area contributed by atoms with E-state index in [0.29, 0.717) is 5.92 Å². The summed E-state index contributed by atoms with van der Waals surface area (Å²) in [6.45, 7) is 2.27. The second kappa shape index (κ2) is 4.29. The molecular weight excluding hydrogens is 298 g/mol. The van der Waals surface area contributed by atoms with Crippen LogP contribution in [0, 0.1) is 17.3 Å². The molecule has 0 nitrogen and oxygen atoms in total. The molecule has 3 heteroatoms. The second-order valence-corrected chi connectivity index (χ2v) is 8.22. The van der Waals surface area contributed by atoms with Crippen LogP contribution in [0.5, 0.6) is 0 Å². The molecule has 102 valence electrons. The first-order chi connectivity index (χ1) is 8.48. The molecule has 4 aliphatic rings. The summed E-state index contributed by atoms with van der Waals surface area (Å²) in [6, 6.07) is 0. The van der Waals surface area contributed by atoms with Crippen LogP contribution >= 0.6 is 15.9 Å². The summed E-state index contributed by atoms with van der Waals surface area (Å²) in [5.74, 6) is 0.240. The van der Waals surface area contributed by atoms with Crippen molar-refractivity contribution >= 4 is 15.9 Å². The first kappa shape index (κ1) is 13.1. The van der Waals surface area contributed by atoms with Gasteiger partial charge < -0.3 is 0 Å². The van der Waals surface area contributed by atoms with E-state index in [2.05, 4.69) is 22.9 Å². The van der Waals surface area contributed by atoms with E-state index in [9.17, 15) is 8.78 Å². The van der Waals surface area contributed by atoms with Crippen molar-refractivity contribution in [2.24, 2.45) is 17.3 Å². The van der Waals surface area contributed by atoms with E-state index in [1.54, 1.807) is 0 Å². The molecule has 0 radical (unpaired) electrons. The van der Waals surface area contributed by atoms with Crippen molar-refractivity contribution in [1.29, 1.82) is 0 Å². The van der Waals surface area contributed by atoms with Gasteiger partial charge in [0.1, 0.15) is 11.7 Å². The summed E-state index contributed by atoms with van der Waals surface area (Å²) in [7, 11) is 0. The smallest absolute Gasteiger partial charge is 0.149 e. The highest BCUT2D eigenvalue weighted by molar-refractivity contribution is 9.10. The van der Waals surface area contributed by atoms with E-state index in [-0.39, 0.29) is 0 Å². The Labute approximate surface area is 116 Å². The number of rotatable bonds is 1. The van der Waals surface area contributed by atoms with Crippen LogP contribution in [0.4, 0.5) is 8.78 Å². The predicted molar refractivity (Wildman–Crippen MR) is 72.9 cm³/mol. The van der Waals surface area contributed by atoms with Gasteiger partial charge in [0.2, 0.25) is 0 Å². The van der Waals surface area contributed by atoms with Crippen LogP contribution in [0.3, 0.4) is 0 Å². The molecule has 4 rings (SSSR count). The number of hydrogen-bond acceptors (Lipinski definition) is 0. The van der Waals surface area contributed by atoms with Gasteiger partial charge in [-0.25, -0.2) is 8.78 Å². The quantitative estimate of drug-likeness (QED) is 0.546. The molecule has 0 aromatic rings. The fourth-order valence-corrected chi connectivity index (χ4v) is 4.92. The number of fused-ring (bicyclic) bond motifs is 2.